The average Bonchev–Trinajstić information content (AvgIpc) is 2.37. The van der Waals surface area contributed by atoms with Gasteiger partial charge in [0.1, 0.15) is 0 Å². The topological polar surface area (TPSA) is 63.4 Å². The highest BCUT2D eigenvalue weighted by atomic mass is 32.2. The molecule has 0 spiro atoms. The number of sulfonamides is 1. The first kappa shape index (κ1) is 13.3. The van der Waals surface area contributed by atoms with Gasteiger partial charge in [-0.25, -0.2) is 8.42 Å². The summed E-state index contributed by atoms with van der Waals surface area (Å²) in [7, 11) is -3.17. The van der Waals surface area contributed by atoms with Crippen molar-refractivity contribution in [1.29, 1.82) is 0 Å². The van der Waals surface area contributed by atoms with Gasteiger partial charge in [0.25, 0.3) is 0 Å². The molecule has 0 radical (unpaired) electrons. The number of hydrogen-bond acceptors (Lipinski definition) is 3. The van der Waals surface area contributed by atoms with Gasteiger partial charge < -0.3 is 5.73 Å². The normalized spacial score (nSPS) is 33.1. The summed E-state index contributed by atoms with van der Waals surface area (Å²) in [4.78, 5) is 0. The molecule has 100 valence electrons. The molecule has 1 unspecified atom stereocenters. The lowest BCUT2D eigenvalue weighted by molar-refractivity contribution is 0.128. The van der Waals surface area contributed by atoms with E-state index < -0.39 is 15.3 Å². The van der Waals surface area contributed by atoms with Gasteiger partial charge >= 0.3 is 0 Å². The third kappa shape index (κ3) is 2.51. The predicted octanol–water partition coefficient (Wildman–Crippen LogP) is 1.32. The van der Waals surface area contributed by atoms with Crippen molar-refractivity contribution in [2.75, 3.05) is 13.1 Å². The third-order valence-corrected chi connectivity index (χ3v) is 6.68. The molecule has 2 rings (SSSR count). The van der Waals surface area contributed by atoms with Crippen molar-refractivity contribution in [3.05, 3.63) is 0 Å². The van der Waals surface area contributed by atoms with Crippen molar-refractivity contribution in [1.82, 2.24) is 4.31 Å². The number of nitrogens with two attached hydrogens (primary N) is 1. The molecule has 0 aromatic heterocycles. The summed E-state index contributed by atoms with van der Waals surface area (Å²) < 4.78 is 26.6. The van der Waals surface area contributed by atoms with Crippen LogP contribution in [0.1, 0.15) is 45.4 Å². The zero-order valence-corrected chi connectivity index (χ0v) is 11.5. The Labute approximate surface area is 105 Å². The van der Waals surface area contributed by atoms with E-state index in [1.807, 2.05) is 0 Å². The molecule has 2 aliphatic rings. The Morgan fingerprint density at radius 1 is 1.24 bits per heavy atom. The van der Waals surface area contributed by atoms with Gasteiger partial charge in [-0.1, -0.05) is 12.8 Å². The van der Waals surface area contributed by atoms with Crippen molar-refractivity contribution in [3.63, 3.8) is 0 Å². The fourth-order valence-corrected chi connectivity index (χ4v) is 4.99. The molecule has 4 nitrogen and oxygen atoms in total. The maximum absolute atomic E-state index is 12.4. The fourth-order valence-electron chi connectivity index (χ4n) is 3.25. The van der Waals surface area contributed by atoms with Crippen LogP contribution in [-0.2, 0) is 10.0 Å². The largest absolute Gasteiger partial charge is 0.329 e. The quantitative estimate of drug-likeness (QED) is 0.832. The number of piperidine rings is 1. The highest BCUT2D eigenvalue weighted by Crippen LogP contribution is 2.37. The van der Waals surface area contributed by atoms with Crippen LogP contribution >= 0.6 is 0 Å². The number of hydrogen-bond donors (Lipinski definition) is 1. The van der Waals surface area contributed by atoms with Crippen molar-refractivity contribution >= 4 is 10.0 Å². The maximum atomic E-state index is 12.4. The van der Waals surface area contributed by atoms with E-state index in [1.165, 1.54) is 25.7 Å². The van der Waals surface area contributed by atoms with Gasteiger partial charge in [-0.2, -0.15) is 4.31 Å². The molecule has 0 amide bonds. The molecule has 0 aromatic carbocycles. The monoisotopic (exact) mass is 260 g/mol. The summed E-state index contributed by atoms with van der Waals surface area (Å²) in [6.45, 7) is 2.64. The molecule has 17 heavy (non-hydrogen) atoms. The minimum absolute atomic E-state index is 0.218. The van der Waals surface area contributed by atoms with E-state index in [1.54, 1.807) is 11.2 Å². The molecule has 1 aliphatic carbocycles. The molecular formula is C12H24N2O2S. The van der Waals surface area contributed by atoms with Gasteiger partial charge in [0.2, 0.25) is 10.0 Å². The molecule has 1 aliphatic heterocycles. The van der Waals surface area contributed by atoms with Crippen molar-refractivity contribution in [2.45, 2.75) is 56.7 Å². The number of nitrogens with zero attached hydrogens (tertiary/aromatic N) is 1. The third-order valence-electron chi connectivity index (χ3n) is 4.36. The summed E-state index contributed by atoms with van der Waals surface area (Å²) in [5, 5.41) is -0.442. The van der Waals surface area contributed by atoms with E-state index in [2.05, 4.69) is 0 Å². The summed E-state index contributed by atoms with van der Waals surface area (Å²) in [6, 6.07) is 0.261. The second-order valence-corrected chi connectivity index (χ2v) is 7.76. The van der Waals surface area contributed by atoms with Crippen LogP contribution in [0.5, 0.6) is 0 Å². The SMILES string of the molecule is CC(CN)S(=O)(=O)N1CCC[C@H]2CCCC[C@H]21. The van der Waals surface area contributed by atoms with Gasteiger partial charge in [-0.3, -0.25) is 0 Å². The van der Waals surface area contributed by atoms with Gasteiger partial charge in [-0.05, 0) is 38.5 Å². The molecule has 5 heteroatoms. The maximum Gasteiger partial charge on any atom is 0.218 e. The van der Waals surface area contributed by atoms with Crippen LogP contribution < -0.4 is 5.73 Å². The van der Waals surface area contributed by atoms with E-state index in [4.69, 9.17) is 5.73 Å². The number of rotatable bonds is 3. The van der Waals surface area contributed by atoms with Crippen LogP contribution in [0.4, 0.5) is 0 Å². The Morgan fingerprint density at radius 2 is 1.88 bits per heavy atom. The Kier molecular flexibility index (Phi) is 4.10. The van der Waals surface area contributed by atoms with E-state index in [0.717, 1.165) is 12.8 Å². The van der Waals surface area contributed by atoms with Gasteiger partial charge in [0.05, 0.1) is 5.25 Å². The molecule has 1 saturated heterocycles. The van der Waals surface area contributed by atoms with Crippen molar-refractivity contribution in [2.24, 2.45) is 11.7 Å². The van der Waals surface area contributed by atoms with Crippen LogP contribution in [0, 0.1) is 5.92 Å². The van der Waals surface area contributed by atoms with Crippen LogP contribution in [0.2, 0.25) is 0 Å². The number of fused-ring (bicyclic) bond motifs is 1. The average molecular weight is 260 g/mol. The zero-order valence-electron chi connectivity index (χ0n) is 10.6. The first-order chi connectivity index (χ1) is 8.07. The molecule has 1 saturated carbocycles. The van der Waals surface area contributed by atoms with Gasteiger partial charge in [-0.15, -0.1) is 0 Å². The highest BCUT2D eigenvalue weighted by molar-refractivity contribution is 7.89. The van der Waals surface area contributed by atoms with Crippen molar-refractivity contribution in [3.8, 4) is 0 Å². The van der Waals surface area contributed by atoms with E-state index in [0.29, 0.717) is 12.5 Å². The van der Waals surface area contributed by atoms with Gasteiger partial charge in [0.15, 0.2) is 0 Å². The Bertz CT molecular complexity index is 354. The molecule has 1 heterocycles. The molecule has 0 bridgehead atoms. The lowest BCUT2D eigenvalue weighted by Gasteiger charge is -2.44. The molecule has 2 N–H and O–H groups in total. The van der Waals surface area contributed by atoms with Crippen LogP contribution in [0.25, 0.3) is 0 Å². The molecule has 3 atom stereocenters. The molecule has 2 fully saturated rings. The standard InChI is InChI=1S/C12H24N2O2S/c1-10(9-13)17(15,16)14-8-4-6-11-5-2-3-7-12(11)14/h10-12H,2-9,13H2,1H3/t10?,11-,12-/m1/s1. The Hall–Kier alpha value is -0.130. The summed E-state index contributed by atoms with van der Waals surface area (Å²) in [5.41, 5.74) is 5.53. The first-order valence-corrected chi connectivity index (χ1v) is 8.28. The summed E-state index contributed by atoms with van der Waals surface area (Å²) >= 11 is 0. The van der Waals surface area contributed by atoms with Crippen LogP contribution in [0.15, 0.2) is 0 Å². The van der Waals surface area contributed by atoms with E-state index in [-0.39, 0.29) is 12.6 Å². The van der Waals surface area contributed by atoms with Gasteiger partial charge in [0, 0.05) is 19.1 Å². The second-order valence-electron chi connectivity index (χ2n) is 5.46. The minimum Gasteiger partial charge on any atom is -0.329 e. The zero-order chi connectivity index (χ0) is 12.5. The smallest absolute Gasteiger partial charge is 0.218 e. The lowest BCUT2D eigenvalue weighted by atomic mass is 9.79. The minimum atomic E-state index is -3.17. The molecule has 0 aromatic rings. The predicted molar refractivity (Wildman–Crippen MR) is 69.1 cm³/mol. The lowest BCUT2D eigenvalue weighted by Crippen LogP contribution is -2.52. The van der Waals surface area contributed by atoms with E-state index in [9.17, 15) is 8.42 Å². The van der Waals surface area contributed by atoms with Crippen LogP contribution in [0.3, 0.4) is 0 Å². The summed E-state index contributed by atoms with van der Waals surface area (Å²) in [6.07, 6.45) is 6.89. The Balaban J connectivity index is 2.19. The first-order valence-electron chi connectivity index (χ1n) is 6.78. The van der Waals surface area contributed by atoms with E-state index >= 15 is 0 Å². The highest BCUT2D eigenvalue weighted by Gasteiger charge is 2.40. The van der Waals surface area contributed by atoms with Crippen molar-refractivity contribution < 1.29 is 8.42 Å². The summed E-state index contributed by atoms with van der Waals surface area (Å²) in [5.74, 6) is 0.595. The fraction of sp³-hybridized carbons (Fsp3) is 1.00. The molecular weight excluding hydrogens is 236 g/mol. The second kappa shape index (κ2) is 5.24. The van der Waals surface area contributed by atoms with Crippen LogP contribution in [-0.4, -0.2) is 37.1 Å². The Morgan fingerprint density at radius 3 is 2.59 bits per heavy atom.